The molecule has 0 saturated carbocycles. The van der Waals surface area contributed by atoms with Crippen LogP contribution in [-0.2, 0) is 15.4 Å². The van der Waals surface area contributed by atoms with Crippen molar-refractivity contribution in [2.75, 3.05) is 13.1 Å². The molecule has 146 valence electrons. The van der Waals surface area contributed by atoms with E-state index in [2.05, 4.69) is 20.8 Å². The maximum absolute atomic E-state index is 13.1. The predicted molar refractivity (Wildman–Crippen MR) is 114 cm³/mol. The summed E-state index contributed by atoms with van der Waals surface area (Å²) in [5, 5.41) is 0. The number of hydrogen-bond donors (Lipinski definition) is 0. The quantitative estimate of drug-likeness (QED) is 0.632. The number of allylic oxidation sites excluding steroid dienone is 1. The summed E-state index contributed by atoms with van der Waals surface area (Å²) in [6, 6.07) is 17.3. The van der Waals surface area contributed by atoms with E-state index in [0.717, 1.165) is 23.1 Å². The summed E-state index contributed by atoms with van der Waals surface area (Å²) < 4.78 is 27.8. The number of sulfonamides is 1. The molecule has 0 fully saturated rings. The minimum absolute atomic E-state index is 0.000924. The molecule has 0 aliphatic rings. The van der Waals surface area contributed by atoms with Crippen molar-refractivity contribution in [1.82, 2.24) is 4.31 Å². The Labute approximate surface area is 164 Å². The van der Waals surface area contributed by atoms with Gasteiger partial charge < -0.3 is 0 Å². The molecule has 0 heterocycles. The summed E-state index contributed by atoms with van der Waals surface area (Å²) in [7, 11) is -3.51. The highest BCUT2D eigenvalue weighted by Crippen LogP contribution is 2.25. The van der Waals surface area contributed by atoms with Crippen LogP contribution in [0.4, 0.5) is 0 Å². The van der Waals surface area contributed by atoms with Crippen molar-refractivity contribution in [2.24, 2.45) is 0 Å². The zero-order chi connectivity index (χ0) is 20.1. The molecule has 0 aromatic heterocycles. The van der Waals surface area contributed by atoms with Crippen molar-refractivity contribution in [1.29, 1.82) is 0 Å². The minimum Gasteiger partial charge on any atom is -0.207 e. The Kier molecular flexibility index (Phi) is 7.01. The summed E-state index contributed by atoms with van der Waals surface area (Å²) in [5.41, 5.74) is 3.32. The van der Waals surface area contributed by atoms with Gasteiger partial charge in [-0.1, -0.05) is 76.2 Å². The SMILES string of the molecule is CCCN(C/C=C(\C)c1ccccc1)S(=O)(=O)c1ccc(C(C)(C)C)cc1. The van der Waals surface area contributed by atoms with Gasteiger partial charge >= 0.3 is 0 Å². The second-order valence-electron chi connectivity index (χ2n) is 7.89. The average molecular weight is 386 g/mol. The number of benzene rings is 2. The lowest BCUT2D eigenvalue weighted by Crippen LogP contribution is -2.32. The van der Waals surface area contributed by atoms with Gasteiger partial charge in [-0.05, 0) is 47.6 Å². The molecule has 0 unspecified atom stereocenters. The van der Waals surface area contributed by atoms with Crippen LogP contribution in [0.3, 0.4) is 0 Å². The third kappa shape index (κ3) is 5.53. The van der Waals surface area contributed by atoms with E-state index in [1.54, 1.807) is 16.4 Å². The highest BCUT2D eigenvalue weighted by Gasteiger charge is 2.24. The van der Waals surface area contributed by atoms with E-state index in [0.29, 0.717) is 18.0 Å². The highest BCUT2D eigenvalue weighted by atomic mass is 32.2. The van der Waals surface area contributed by atoms with Crippen molar-refractivity contribution in [3.05, 3.63) is 71.8 Å². The van der Waals surface area contributed by atoms with Crippen LogP contribution in [0, 0.1) is 0 Å². The molecule has 0 aliphatic heterocycles. The van der Waals surface area contributed by atoms with E-state index in [-0.39, 0.29) is 5.41 Å². The second kappa shape index (κ2) is 8.85. The van der Waals surface area contributed by atoms with Gasteiger partial charge in [0.15, 0.2) is 0 Å². The van der Waals surface area contributed by atoms with Gasteiger partial charge in [-0.2, -0.15) is 4.31 Å². The molecule has 4 heteroatoms. The lowest BCUT2D eigenvalue weighted by molar-refractivity contribution is 0.441. The summed E-state index contributed by atoms with van der Waals surface area (Å²) >= 11 is 0. The maximum atomic E-state index is 13.1. The first kappa shape index (κ1) is 21.4. The van der Waals surface area contributed by atoms with Gasteiger partial charge in [0, 0.05) is 13.1 Å². The molecular formula is C23H31NO2S. The van der Waals surface area contributed by atoms with Gasteiger partial charge in [-0.15, -0.1) is 0 Å². The topological polar surface area (TPSA) is 37.4 Å². The Bertz CT molecular complexity index is 861. The first-order chi connectivity index (χ1) is 12.7. The summed E-state index contributed by atoms with van der Waals surface area (Å²) in [6.45, 7) is 11.3. The Balaban J connectivity index is 2.26. The fourth-order valence-electron chi connectivity index (χ4n) is 2.89. The average Bonchev–Trinajstić information content (AvgIpc) is 2.64. The molecule has 2 rings (SSSR count). The van der Waals surface area contributed by atoms with E-state index in [1.807, 2.05) is 62.4 Å². The van der Waals surface area contributed by atoms with Gasteiger partial charge in [0.2, 0.25) is 10.0 Å². The summed E-state index contributed by atoms with van der Waals surface area (Å²) in [5.74, 6) is 0. The van der Waals surface area contributed by atoms with Crippen LogP contribution in [0.15, 0.2) is 65.6 Å². The first-order valence-electron chi connectivity index (χ1n) is 9.49. The lowest BCUT2D eigenvalue weighted by atomic mass is 9.87. The molecule has 3 nitrogen and oxygen atoms in total. The summed E-state index contributed by atoms with van der Waals surface area (Å²) in [6.07, 6.45) is 2.77. The zero-order valence-corrected chi connectivity index (χ0v) is 17.9. The number of rotatable bonds is 7. The van der Waals surface area contributed by atoms with Gasteiger partial charge in [-0.25, -0.2) is 8.42 Å². The van der Waals surface area contributed by atoms with Gasteiger partial charge in [0.1, 0.15) is 0 Å². The summed E-state index contributed by atoms with van der Waals surface area (Å²) in [4.78, 5) is 0.356. The van der Waals surface area contributed by atoms with E-state index in [4.69, 9.17) is 0 Å². The number of nitrogens with zero attached hydrogens (tertiary/aromatic N) is 1. The molecule has 0 radical (unpaired) electrons. The molecule has 0 N–H and O–H groups in total. The Hall–Kier alpha value is -1.91. The fraction of sp³-hybridized carbons (Fsp3) is 0.391. The fourth-order valence-corrected chi connectivity index (χ4v) is 4.36. The van der Waals surface area contributed by atoms with Gasteiger partial charge in [0.25, 0.3) is 0 Å². The van der Waals surface area contributed by atoms with E-state index < -0.39 is 10.0 Å². The predicted octanol–water partition coefficient (Wildman–Crippen LogP) is 5.49. The van der Waals surface area contributed by atoms with Crippen molar-refractivity contribution >= 4 is 15.6 Å². The molecule has 2 aromatic rings. The molecular weight excluding hydrogens is 354 g/mol. The Morgan fingerprint density at radius 3 is 2.11 bits per heavy atom. The lowest BCUT2D eigenvalue weighted by Gasteiger charge is -2.22. The molecule has 0 bridgehead atoms. The Morgan fingerprint density at radius 1 is 1.00 bits per heavy atom. The zero-order valence-electron chi connectivity index (χ0n) is 17.1. The van der Waals surface area contributed by atoms with E-state index in [9.17, 15) is 8.42 Å². The monoisotopic (exact) mass is 385 g/mol. The van der Waals surface area contributed by atoms with Crippen LogP contribution < -0.4 is 0 Å². The maximum Gasteiger partial charge on any atom is 0.243 e. The molecule has 0 atom stereocenters. The van der Waals surface area contributed by atoms with Crippen molar-refractivity contribution in [2.45, 2.75) is 51.3 Å². The van der Waals surface area contributed by atoms with E-state index in [1.165, 1.54) is 0 Å². The molecule has 0 saturated heterocycles. The van der Waals surface area contributed by atoms with Crippen LogP contribution in [0.2, 0.25) is 0 Å². The molecule has 0 aliphatic carbocycles. The molecule has 0 amide bonds. The Morgan fingerprint density at radius 2 is 1.59 bits per heavy atom. The largest absolute Gasteiger partial charge is 0.243 e. The van der Waals surface area contributed by atoms with E-state index >= 15 is 0 Å². The normalized spacial score (nSPS) is 13.2. The standard InChI is InChI=1S/C23H31NO2S/c1-6-17-24(18-16-19(2)20-10-8-7-9-11-20)27(25,26)22-14-12-21(13-15-22)23(3,4)5/h7-16H,6,17-18H2,1-5H3/b19-16+. The molecule has 0 spiro atoms. The van der Waals surface area contributed by atoms with Crippen molar-refractivity contribution < 1.29 is 8.42 Å². The molecule has 27 heavy (non-hydrogen) atoms. The number of hydrogen-bond acceptors (Lipinski definition) is 2. The van der Waals surface area contributed by atoms with Crippen molar-refractivity contribution in [3.8, 4) is 0 Å². The third-order valence-corrected chi connectivity index (χ3v) is 6.54. The van der Waals surface area contributed by atoms with Crippen LogP contribution in [0.1, 0.15) is 52.2 Å². The van der Waals surface area contributed by atoms with Crippen LogP contribution >= 0.6 is 0 Å². The van der Waals surface area contributed by atoms with Gasteiger partial charge in [0.05, 0.1) is 4.90 Å². The van der Waals surface area contributed by atoms with Gasteiger partial charge in [-0.3, -0.25) is 0 Å². The smallest absolute Gasteiger partial charge is 0.207 e. The van der Waals surface area contributed by atoms with Crippen LogP contribution in [0.5, 0.6) is 0 Å². The minimum atomic E-state index is -3.51. The first-order valence-corrected chi connectivity index (χ1v) is 10.9. The van der Waals surface area contributed by atoms with Crippen LogP contribution in [-0.4, -0.2) is 25.8 Å². The van der Waals surface area contributed by atoms with Crippen LogP contribution in [0.25, 0.3) is 5.57 Å². The van der Waals surface area contributed by atoms with Crippen molar-refractivity contribution in [3.63, 3.8) is 0 Å². The molecule has 2 aromatic carbocycles. The second-order valence-corrected chi connectivity index (χ2v) is 9.83. The highest BCUT2D eigenvalue weighted by molar-refractivity contribution is 7.89. The third-order valence-electron chi connectivity index (χ3n) is 4.66.